The molecule has 1 fully saturated rings. The van der Waals surface area contributed by atoms with Gasteiger partial charge in [-0.05, 0) is 75.1 Å². The number of aliphatic imine (C=N–C) groups is 1. The molecule has 5 rings (SSSR count). The molecule has 0 atom stereocenters. The van der Waals surface area contributed by atoms with E-state index in [1.807, 2.05) is 51.1 Å². The Morgan fingerprint density at radius 2 is 1.88 bits per heavy atom. The Hall–Kier alpha value is -4.51. The van der Waals surface area contributed by atoms with E-state index in [1.165, 1.54) is 0 Å². The first-order valence-electron chi connectivity index (χ1n) is 13.8. The molecule has 8 heteroatoms. The van der Waals surface area contributed by atoms with Crippen LogP contribution in [0.2, 0.25) is 0 Å². The van der Waals surface area contributed by atoms with Crippen molar-refractivity contribution >= 4 is 34.7 Å². The van der Waals surface area contributed by atoms with Crippen LogP contribution in [-0.2, 0) is 9.59 Å². The Morgan fingerprint density at radius 1 is 1.12 bits per heavy atom. The van der Waals surface area contributed by atoms with Crippen molar-refractivity contribution in [3.05, 3.63) is 82.2 Å². The molecule has 2 aromatic rings. The Labute approximate surface area is 234 Å². The standard InChI is InChI=1S/C32H33N5O3/c1-4-37(17-9-16-33)22-12-13-24(21(3)18-22)34-25-19-26(35-30(39)23-11-6-5-10-20(23)2)29(38)27-28(25)36-31(40)32(27)14-7-8-15-32/h5-6,10-13,18-19H,4,7-9,14-15,17H2,1-3H3,(H,35,39)(H,36,40). The van der Waals surface area contributed by atoms with Crippen molar-refractivity contribution < 1.29 is 14.4 Å². The van der Waals surface area contributed by atoms with Crippen molar-refractivity contribution in [2.45, 2.75) is 52.9 Å². The fraction of sp³-hybridized carbons (Fsp3) is 0.344. The van der Waals surface area contributed by atoms with Crippen LogP contribution in [0.15, 0.2) is 70.5 Å². The van der Waals surface area contributed by atoms with Gasteiger partial charge in [0, 0.05) is 29.9 Å². The maximum atomic E-state index is 13.9. The van der Waals surface area contributed by atoms with Crippen molar-refractivity contribution in [2.24, 2.45) is 10.4 Å². The number of anilines is 1. The summed E-state index contributed by atoms with van der Waals surface area (Å²) in [6, 6.07) is 15.3. The zero-order valence-electron chi connectivity index (χ0n) is 23.1. The van der Waals surface area contributed by atoms with E-state index in [0.29, 0.717) is 54.0 Å². The number of nitriles is 1. The second-order valence-electron chi connectivity index (χ2n) is 10.6. The molecule has 0 unspecified atom stereocenters. The highest BCUT2D eigenvalue weighted by Crippen LogP contribution is 2.50. The number of Topliss-reactive ketones (excluding diaryl/α,β-unsaturated/α-hetero) is 1. The summed E-state index contributed by atoms with van der Waals surface area (Å²) in [7, 11) is 0. The molecule has 1 aliphatic heterocycles. The molecule has 2 aromatic carbocycles. The fourth-order valence-electron chi connectivity index (χ4n) is 5.98. The summed E-state index contributed by atoms with van der Waals surface area (Å²) in [4.78, 5) is 47.4. The maximum Gasteiger partial charge on any atom is 0.256 e. The number of fused-ring (bicyclic) bond motifs is 1. The number of carbonyl (C=O) groups excluding carboxylic acids is 3. The van der Waals surface area contributed by atoms with Crippen LogP contribution in [0.3, 0.4) is 0 Å². The lowest BCUT2D eigenvalue weighted by Gasteiger charge is -2.26. The highest BCUT2D eigenvalue weighted by Gasteiger charge is 2.55. The molecule has 0 aromatic heterocycles. The van der Waals surface area contributed by atoms with Gasteiger partial charge in [-0.25, -0.2) is 4.99 Å². The minimum Gasteiger partial charge on any atom is -0.371 e. The summed E-state index contributed by atoms with van der Waals surface area (Å²) in [5.74, 6) is -0.880. The number of nitrogens with one attached hydrogen (secondary N) is 2. The number of carbonyl (C=O) groups is 3. The second-order valence-corrected chi connectivity index (χ2v) is 10.6. The highest BCUT2D eigenvalue weighted by atomic mass is 16.2. The zero-order chi connectivity index (χ0) is 28.4. The van der Waals surface area contributed by atoms with Crippen molar-refractivity contribution in [2.75, 3.05) is 18.0 Å². The van der Waals surface area contributed by atoms with Gasteiger partial charge in [0.2, 0.25) is 11.7 Å². The molecule has 2 amide bonds. The lowest BCUT2D eigenvalue weighted by atomic mass is 9.75. The predicted molar refractivity (Wildman–Crippen MR) is 154 cm³/mol. The van der Waals surface area contributed by atoms with Gasteiger partial charge in [-0.15, -0.1) is 0 Å². The number of nitrogens with zero attached hydrogens (tertiary/aromatic N) is 3. The topological polar surface area (TPSA) is 115 Å². The molecule has 1 heterocycles. The summed E-state index contributed by atoms with van der Waals surface area (Å²) < 4.78 is 0. The van der Waals surface area contributed by atoms with Crippen LogP contribution in [0.5, 0.6) is 0 Å². The molecule has 0 saturated heterocycles. The number of benzene rings is 2. The van der Waals surface area contributed by atoms with E-state index in [1.54, 1.807) is 18.2 Å². The summed E-state index contributed by atoms with van der Waals surface area (Å²) >= 11 is 0. The number of rotatable bonds is 7. The van der Waals surface area contributed by atoms with Crippen molar-refractivity contribution in [1.82, 2.24) is 10.6 Å². The predicted octanol–water partition coefficient (Wildman–Crippen LogP) is 4.96. The van der Waals surface area contributed by atoms with Gasteiger partial charge < -0.3 is 15.5 Å². The van der Waals surface area contributed by atoms with Crippen molar-refractivity contribution in [1.29, 1.82) is 5.26 Å². The summed E-state index contributed by atoms with van der Waals surface area (Å²) in [6.45, 7) is 7.26. The Morgan fingerprint density at radius 3 is 2.55 bits per heavy atom. The van der Waals surface area contributed by atoms with Crippen LogP contribution in [0.1, 0.15) is 60.5 Å². The van der Waals surface area contributed by atoms with E-state index in [2.05, 4.69) is 21.6 Å². The largest absolute Gasteiger partial charge is 0.371 e. The summed E-state index contributed by atoms with van der Waals surface area (Å²) in [5, 5.41) is 14.8. The first-order chi connectivity index (χ1) is 19.3. The molecule has 0 radical (unpaired) electrons. The highest BCUT2D eigenvalue weighted by molar-refractivity contribution is 6.30. The Kier molecular flexibility index (Phi) is 7.40. The quantitative estimate of drug-likeness (QED) is 0.487. The minimum absolute atomic E-state index is 0.122. The van der Waals surface area contributed by atoms with Crippen LogP contribution < -0.4 is 15.5 Å². The van der Waals surface area contributed by atoms with Crippen molar-refractivity contribution in [3.8, 4) is 6.07 Å². The van der Waals surface area contributed by atoms with Crippen LogP contribution in [0.25, 0.3) is 0 Å². The normalized spacial score (nSPS) is 18.4. The number of amides is 2. The van der Waals surface area contributed by atoms with E-state index in [-0.39, 0.29) is 23.3 Å². The van der Waals surface area contributed by atoms with Gasteiger partial charge in [0.1, 0.15) is 0 Å². The van der Waals surface area contributed by atoms with E-state index in [0.717, 1.165) is 36.2 Å². The Bertz CT molecular complexity index is 1540. The third-order valence-electron chi connectivity index (χ3n) is 8.17. The summed E-state index contributed by atoms with van der Waals surface area (Å²) in [6.07, 6.45) is 4.92. The molecule has 0 bridgehead atoms. The van der Waals surface area contributed by atoms with E-state index in [4.69, 9.17) is 10.3 Å². The molecule has 8 nitrogen and oxygen atoms in total. The third kappa shape index (κ3) is 4.73. The first-order valence-corrected chi connectivity index (χ1v) is 13.8. The van der Waals surface area contributed by atoms with Crippen molar-refractivity contribution in [3.63, 3.8) is 0 Å². The SMILES string of the molecule is CCN(CCC#N)c1ccc(N=C2C=C(NC(=O)c3ccccc3C)C(=O)C3=C2NC(=O)C32CCCC2)c(C)c1. The molecular formula is C32H33N5O3. The number of allylic oxidation sites excluding steroid dienone is 2. The smallest absolute Gasteiger partial charge is 0.256 e. The van der Waals surface area contributed by atoms with Gasteiger partial charge in [-0.3, -0.25) is 14.4 Å². The number of aryl methyl sites for hydroxylation is 2. The molecule has 204 valence electrons. The molecule has 1 saturated carbocycles. The van der Waals surface area contributed by atoms with Gasteiger partial charge in [0.25, 0.3) is 5.91 Å². The Balaban J connectivity index is 1.56. The van der Waals surface area contributed by atoms with Crippen LogP contribution in [-0.4, -0.2) is 36.4 Å². The maximum absolute atomic E-state index is 13.9. The third-order valence-corrected chi connectivity index (χ3v) is 8.17. The fourth-order valence-corrected chi connectivity index (χ4v) is 5.98. The van der Waals surface area contributed by atoms with Gasteiger partial charge >= 0.3 is 0 Å². The van der Waals surface area contributed by atoms with E-state index in [9.17, 15) is 14.4 Å². The monoisotopic (exact) mass is 535 g/mol. The lowest BCUT2D eigenvalue weighted by molar-refractivity contribution is -0.128. The summed E-state index contributed by atoms with van der Waals surface area (Å²) in [5.41, 5.74) is 4.43. The van der Waals surface area contributed by atoms with Crippen LogP contribution >= 0.6 is 0 Å². The number of ketones is 1. The van der Waals surface area contributed by atoms with Crippen LogP contribution in [0.4, 0.5) is 11.4 Å². The van der Waals surface area contributed by atoms with E-state index < -0.39 is 5.41 Å². The lowest BCUT2D eigenvalue weighted by Crippen LogP contribution is -2.37. The second kappa shape index (κ2) is 10.9. The molecule has 2 aliphatic carbocycles. The van der Waals surface area contributed by atoms with Crippen LogP contribution in [0, 0.1) is 30.6 Å². The average Bonchev–Trinajstić information content (AvgIpc) is 3.54. The number of hydrogen-bond donors (Lipinski definition) is 2. The van der Waals surface area contributed by atoms with Gasteiger partial charge in [-0.1, -0.05) is 31.0 Å². The van der Waals surface area contributed by atoms with E-state index >= 15 is 0 Å². The van der Waals surface area contributed by atoms with Gasteiger partial charge in [0.05, 0.1) is 40.7 Å². The van der Waals surface area contributed by atoms with Gasteiger partial charge in [-0.2, -0.15) is 5.26 Å². The average molecular weight is 536 g/mol. The first kappa shape index (κ1) is 27.1. The molecule has 40 heavy (non-hydrogen) atoms. The van der Waals surface area contributed by atoms with Gasteiger partial charge in [0.15, 0.2) is 0 Å². The molecule has 3 aliphatic rings. The number of hydrogen-bond acceptors (Lipinski definition) is 6. The zero-order valence-corrected chi connectivity index (χ0v) is 23.1. The molecule has 1 spiro atoms. The molecule has 2 N–H and O–H groups in total. The minimum atomic E-state index is -0.888. The molecular weight excluding hydrogens is 502 g/mol.